The maximum atomic E-state index is 12.7. The minimum absolute atomic E-state index is 0.0327. The van der Waals surface area contributed by atoms with E-state index in [0.29, 0.717) is 5.69 Å². The first-order valence-electron chi connectivity index (χ1n) is 6.99. The third-order valence-corrected chi connectivity index (χ3v) is 4.64. The maximum Gasteiger partial charge on any atom is 0.332 e. The van der Waals surface area contributed by atoms with Gasteiger partial charge in [0, 0.05) is 10.5 Å². The normalized spacial score (nSPS) is 12.4. The zero-order valence-electron chi connectivity index (χ0n) is 13.0. The fourth-order valence-electron chi connectivity index (χ4n) is 1.97. The Labute approximate surface area is 154 Å². The van der Waals surface area contributed by atoms with Crippen molar-refractivity contribution >= 4 is 50.8 Å². The largest absolute Gasteiger partial charge is 0.463 e. The van der Waals surface area contributed by atoms with Crippen molar-refractivity contribution in [3.63, 3.8) is 0 Å². The van der Waals surface area contributed by atoms with Crippen molar-refractivity contribution in [3.8, 4) is 11.8 Å². The standard InChI is InChI=1S/C16H12BrN3O4S/c1-2-24-13(21)7-12-15(23)20(10-5-3-9(17)4-6-10)16(25-12)11(8-18)14(19)22/h3-7H,2H2,1H3,(H2,19,22)/b12-7+,16-11-. The van der Waals surface area contributed by atoms with Crippen LogP contribution in [0.15, 0.2) is 33.5 Å². The predicted octanol–water partition coefficient (Wildman–Crippen LogP) is 0.165. The topological polar surface area (TPSA) is 115 Å². The summed E-state index contributed by atoms with van der Waals surface area (Å²) in [5.41, 5.74) is 4.75. The monoisotopic (exact) mass is 421 g/mol. The van der Waals surface area contributed by atoms with Gasteiger partial charge in [0.1, 0.15) is 15.3 Å². The van der Waals surface area contributed by atoms with Gasteiger partial charge in [0.15, 0.2) is 5.57 Å². The molecule has 1 heterocycles. The molecule has 0 spiro atoms. The molecular formula is C16H12BrN3O4S. The number of aromatic nitrogens is 1. The van der Waals surface area contributed by atoms with Crippen LogP contribution in [-0.4, -0.2) is 23.1 Å². The van der Waals surface area contributed by atoms with Crippen LogP contribution in [0, 0.1) is 11.3 Å². The first-order chi connectivity index (χ1) is 11.9. The highest BCUT2D eigenvalue weighted by Gasteiger charge is 2.15. The molecule has 0 aliphatic heterocycles. The number of nitrogens with two attached hydrogens (primary N) is 1. The van der Waals surface area contributed by atoms with Crippen molar-refractivity contribution in [2.45, 2.75) is 6.92 Å². The van der Waals surface area contributed by atoms with Gasteiger partial charge in [0.25, 0.3) is 11.5 Å². The Bertz CT molecular complexity index is 1050. The molecule has 7 nitrogen and oxygen atoms in total. The molecule has 2 rings (SSSR count). The van der Waals surface area contributed by atoms with E-state index in [-0.39, 0.29) is 21.4 Å². The van der Waals surface area contributed by atoms with Gasteiger partial charge in [0.2, 0.25) is 0 Å². The molecule has 0 saturated carbocycles. The number of hydrogen-bond donors (Lipinski definition) is 1. The molecule has 0 radical (unpaired) electrons. The maximum absolute atomic E-state index is 12.7. The number of halogens is 1. The number of esters is 1. The third-order valence-electron chi connectivity index (χ3n) is 3.02. The van der Waals surface area contributed by atoms with Gasteiger partial charge >= 0.3 is 5.97 Å². The number of carbonyl (C=O) groups is 2. The van der Waals surface area contributed by atoms with Crippen molar-refractivity contribution in [1.29, 1.82) is 5.26 Å². The highest BCUT2D eigenvalue weighted by atomic mass is 79.9. The Balaban J connectivity index is 2.90. The molecule has 128 valence electrons. The van der Waals surface area contributed by atoms with Crippen molar-refractivity contribution in [2.75, 3.05) is 6.61 Å². The molecular weight excluding hydrogens is 410 g/mol. The van der Waals surface area contributed by atoms with Crippen LogP contribution >= 0.6 is 27.3 Å². The van der Waals surface area contributed by atoms with E-state index >= 15 is 0 Å². The summed E-state index contributed by atoms with van der Waals surface area (Å²) in [5.74, 6) is -1.65. The average molecular weight is 422 g/mol. The Morgan fingerprint density at radius 1 is 1.40 bits per heavy atom. The van der Waals surface area contributed by atoms with Crippen LogP contribution in [0.25, 0.3) is 17.3 Å². The van der Waals surface area contributed by atoms with Crippen LogP contribution < -0.4 is 20.5 Å². The molecule has 0 fully saturated rings. The van der Waals surface area contributed by atoms with Gasteiger partial charge in [-0.15, -0.1) is 11.3 Å². The van der Waals surface area contributed by atoms with Crippen LogP contribution in [0.1, 0.15) is 6.92 Å². The number of nitriles is 1. The summed E-state index contributed by atoms with van der Waals surface area (Å²) < 4.78 is 6.85. The van der Waals surface area contributed by atoms with Gasteiger partial charge in [-0.05, 0) is 31.2 Å². The molecule has 1 aromatic heterocycles. The minimum Gasteiger partial charge on any atom is -0.463 e. The zero-order chi connectivity index (χ0) is 18.6. The number of primary amides is 1. The van der Waals surface area contributed by atoms with Crippen LogP contribution in [0.5, 0.6) is 0 Å². The minimum atomic E-state index is -0.961. The van der Waals surface area contributed by atoms with E-state index in [4.69, 9.17) is 10.5 Å². The van der Waals surface area contributed by atoms with Gasteiger partial charge in [-0.2, -0.15) is 5.26 Å². The third kappa shape index (κ3) is 4.04. The lowest BCUT2D eigenvalue weighted by Crippen LogP contribution is -2.32. The quantitative estimate of drug-likeness (QED) is 0.706. The van der Waals surface area contributed by atoms with Crippen molar-refractivity contribution < 1.29 is 14.3 Å². The molecule has 1 aromatic carbocycles. The summed E-state index contributed by atoms with van der Waals surface area (Å²) in [6.45, 7) is 1.80. The zero-order valence-corrected chi connectivity index (χ0v) is 15.4. The van der Waals surface area contributed by atoms with Gasteiger partial charge in [0.05, 0.1) is 12.3 Å². The Morgan fingerprint density at radius 3 is 2.56 bits per heavy atom. The second kappa shape index (κ2) is 7.92. The lowest BCUT2D eigenvalue weighted by Gasteiger charge is -2.02. The van der Waals surface area contributed by atoms with Gasteiger partial charge < -0.3 is 10.5 Å². The number of ether oxygens (including phenoxy) is 1. The molecule has 1 amide bonds. The van der Waals surface area contributed by atoms with Crippen LogP contribution in [0.4, 0.5) is 0 Å². The lowest BCUT2D eigenvalue weighted by molar-refractivity contribution is -0.135. The van der Waals surface area contributed by atoms with E-state index in [2.05, 4.69) is 15.9 Å². The van der Waals surface area contributed by atoms with Crippen molar-refractivity contribution in [3.05, 3.63) is 48.3 Å². The molecule has 25 heavy (non-hydrogen) atoms. The highest BCUT2D eigenvalue weighted by molar-refractivity contribution is 9.10. The lowest BCUT2D eigenvalue weighted by atomic mass is 10.3. The summed E-state index contributed by atoms with van der Waals surface area (Å²) in [6.07, 6.45) is 1.03. The fraction of sp³-hybridized carbons (Fsp3) is 0.125. The number of thiazole rings is 1. The number of benzene rings is 1. The highest BCUT2D eigenvalue weighted by Crippen LogP contribution is 2.12. The Hall–Kier alpha value is -2.70. The van der Waals surface area contributed by atoms with E-state index in [9.17, 15) is 19.6 Å². The molecule has 0 saturated heterocycles. The SMILES string of the molecule is CCOC(=O)/C=c1/s/c(=C(/C#N)C(N)=O)n(-c2ccc(Br)cc2)c1=O. The fourth-order valence-corrected chi connectivity index (χ4v) is 3.31. The summed E-state index contributed by atoms with van der Waals surface area (Å²) in [5, 5.41) is 9.23. The van der Waals surface area contributed by atoms with E-state index < -0.39 is 17.4 Å². The van der Waals surface area contributed by atoms with Crippen LogP contribution in [0.3, 0.4) is 0 Å². The average Bonchev–Trinajstić information content (AvgIpc) is 2.85. The Morgan fingerprint density at radius 2 is 2.04 bits per heavy atom. The molecule has 2 aromatic rings. The smallest absolute Gasteiger partial charge is 0.332 e. The summed E-state index contributed by atoms with van der Waals surface area (Å²) in [4.78, 5) is 35.9. The molecule has 2 N–H and O–H groups in total. The first kappa shape index (κ1) is 18.6. The molecule has 0 unspecified atom stereocenters. The van der Waals surface area contributed by atoms with E-state index in [1.807, 2.05) is 0 Å². The van der Waals surface area contributed by atoms with Crippen LogP contribution in [-0.2, 0) is 14.3 Å². The molecule has 0 atom stereocenters. The molecule has 0 aliphatic rings. The van der Waals surface area contributed by atoms with Gasteiger partial charge in [-0.3, -0.25) is 14.2 Å². The second-order valence-electron chi connectivity index (χ2n) is 4.64. The summed E-state index contributed by atoms with van der Waals surface area (Å²) >= 11 is 4.11. The number of amides is 1. The number of nitrogens with zero attached hydrogens (tertiary/aromatic N) is 2. The number of carbonyl (C=O) groups excluding carboxylic acids is 2. The number of hydrogen-bond acceptors (Lipinski definition) is 6. The predicted molar refractivity (Wildman–Crippen MR) is 96.2 cm³/mol. The second-order valence-corrected chi connectivity index (χ2v) is 6.58. The van der Waals surface area contributed by atoms with Gasteiger partial charge in [-0.1, -0.05) is 15.9 Å². The molecule has 9 heteroatoms. The van der Waals surface area contributed by atoms with E-state index in [1.165, 1.54) is 4.57 Å². The van der Waals surface area contributed by atoms with Gasteiger partial charge in [-0.25, -0.2) is 4.79 Å². The first-order valence-corrected chi connectivity index (χ1v) is 8.60. The number of rotatable bonds is 4. The van der Waals surface area contributed by atoms with Crippen LogP contribution in [0.2, 0.25) is 0 Å². The van der Waals surface area contributed by atoms with E-state index in [1.54, 1.807) is 37.3 Å². The van der Waals surface area contributed by atoms with Crippen molar-refractivity contribution in [1.82, 2.24) is 4.57 Å². The summed E-state index contributed by atoms with van der Waals surface area (Å²) in [7, 11) is 0. The van der Waals surface area contributed by atoms with Crippen molar-refractivity contribution in [2.24, 2.45) is 5.73 Å². The van der Waals surface area contributed by atoms with E-state index in [0.717, 1.165) is 21.9 Å². The molecule has 0 aliphatic carbocycles. The molecule has 0 bridgehead atoms. The summed E-state index contributed by atoms with van der Waals surface area (Å²) in [6, 6.07) is 8.38. The Kier molecular flexibility index (Phi) is 5.90.